The summed E-state index contributed by atoms with van der Waals surface area (Å²) in [6.07, 6.45) is 6.89. The van der Waals surface area contributed by atoms with Crippen LogP contribution in [0.25, 0.3) is 0 Å². The predicted molar refractivity (Wildman–Crippen MR) is 79.8 cm³/mol. The molecule has 21 heavy (non-hydrogen) atoms. The number of hydrogen-bond donors (Lipinski definition) is 1. The first kappa shape index (κ1) is 13.8. The van der Waals surface area contributed by atoms with Crippen LogP contribution in [0.4, 0.5) is 0 Å². The monoisotopic (exact) mass is 284 g/mol. The lowest BCUT2D eigenvalue weighted by Gasteiger charge is -2.24. The van der Waals surface area contributed by atoms with E-state index < -0.39 is 0 Å². The number of fused-ring (bicyclic) bond motifs is 1. The van der Waals surface area contributed by atoms with E-state index in [0.29, 0.717) is 12.8 Å². The molecule has 0 aliphatic carbocycles. The van der Waals surface area contributed by atoms with Crippen molar-refractivity contribution in [2.75, 3.05) is 0 Å². The van der Waals surface area contributed by atoms with E-state index in [-0.39, 0.29) is 11.9 Å². The molecule has 1 amide bonds. The number of nitrogens with one attached hydrogen (secondary N) is 1. The summed E-state index contributed by atoms with van der Waals surface area (Å²) in [4.78, 5) is 20.8. The Morgan fingerprint density at radius 3 is 3.19 bits per heavy atom. The molecule has 0 aromatic carbocycles. The van der Waals surface area contributed by atoms with Crippen molar-refractivity contribution >= 4 is 5.91 Å². The van der Waals surface area contributed by atoms with Crippen LogP contribution >= 0.6 is 0 Å². The first-order valence-corrected chi connectivity index (χ1v) is 7.42. The molecule has 0 radical (unpaired) electrons. The summed E-state index contributed by atoms with van der Waals surface area (Å²) in [6, 6.07) is 6.00. The van der Waals surface area contributed by atoms with E-state index in [2.05, 4.69) is 26.0 Å². The SMILES string of the molecule is Cc1cn2c(n1)CCC(NC(=O)CCc1ccccn1)C2. The third kappa shape index (κ3) is 3.48. The summed E-state index contributed by atoms with van der Waals surface area (Å²) < 4.78 is 2.16. The zero-order chi connectivity index (χ0) is 14.7. The Kier molecular flexibility index (Phi) is 3.99. The first-order chi connectivity index (χ1) is 10.2. The smallest absolute Gasteiger partial charge is 0.220 e. The van der Waals surface area contributed by atoms with E-state index in [1.165, 1.54) is 0 Å². The van der Waals surface area contributed by atoms with E-state index in [9.17, 15) is 4.79 Å². The van der Waals surface area contributed by atoms with Gasteiger partial charge >= 0.3 is 0 Å². The number of carbonyl (C=O) groups excluding carboxylic acids is 1. The van der Waals surface area contributed by atoms with E-state index >= 15 is 0 Å². The van der Waals surface area contributed by atoms with E-state index in [1.54, 1.807) is 6.20 Å². The molecule has 3 heterocycles. The number of aromatic nitrogens is 3. The first-order valence-electron chi connectivity index (χ1n) is 7.42. The van der Waals surface area contributed by atoms with Crippen molar-refractivity contribution < 1.29 is 4.79 Å². The van der Waals surface area contributed by atoms with Gasteiger partial charge in [-0.25, -0.2) is 4.98 Å². The van der Waals surface area contributed by atoms with Gasteiger partial charge in [0, 0.05) is 43.5 Å². The number of rotatable bonds is 4. The number of imidazole rings is 1. The summed E-state index contributed by atoms with van der Waals surface area (Å²) in [5, 5.41) is 3.12. The average molecular weight is 284 g/mol. The van der Waals surface area contributed by atoms with Crippen LogP contribution in [-0.4, -0.2) is 26.5 Å². The van der Waals surface area contributed by atoms with Crippen molar-refractivity contribution in [3.05, 3.63) is 47.8 Å². The second kappa shape index (κ2) is 6.08. The molecule has 0 saturated carbocycles. The topological polar surface area (TPSA) is 59.8 Å². The van der Waals surface area contributed by atoms with Crippen LogP contribution in [0.5, 0.6) is 0 Å². The molecule has 0 bridgehead atoms. The number of hydrogen-bond acceptors (Lipinski definition) is 3. The highest BCUT2D eigenvalue weighted by Gasteiger charge is 2.20. The average Bonchev–Trinajstić information content (AvgIpc) is 2.85. The lowest BCUT2D eigenvalue weighted by atomic mass is 10.1. The van der Waals surface area contributed by atoms with Crippen LogP contribution in [0.1, 0.15) is 30.1 Å². The molecule has 110 valence electrons. The van der Waals surface area contributed by atoms with Crippen LogP contribution in [0, 0.1) is 6.92 Å². The highest BCUT2D eigenvalue weighted by atomic mass is 16.1. The molecule has 1 atom stereocenters. The van der Waals surface area contributed by atoms with Crippen molar-refractivity contribution in [1.29, 1.82) is 0 Å². The Balaban J connectivity index is 1.50. The Morgan fingerprint density at radius 1 is 1.48 bits per heavy atom. The number of aryl methyl sites for hydroxylation is 3. The fraction of sp³-hybridized carbons (Fsp3) is 0.438. The highest BCUT2D eigenvalue weighted by molar-refractivity contribution is 5.76. The second-order valence-electron chi connectivity index (χ2n) is 5.58. The van der Waals surface area contributed by atoms with E-state index in [1.807, 2.05) is 25.1 Å². The van der Waals surface area contributed by atoms with Crippen molar-refractivity contribution in [2.45, 2.75) is 45.2 Å². The molecular weight excluding hydrogens is 264 g/mol. The van der Waals surface area contributed by atoms with Gasteiger partial charge in [-0.15, -0.1) is 0 Å². The van der Waals surface area contributed by atoms with Crippen LogP contribution < -0.4 is 5.32 Å². The van der Waals surface area contributed by atoms with Gasteiger partial charge in [0.1, 0.15) is 5.82 Å². The van der Waals surface area contributed by atoms with Gasteiger partial charge in [0.25, 0.3) is 0 Å². The number of nitrogens with zero attached hydrogens (tertiary/aromatic N) is 3. The summed E-state index contributed by atoms with van der Waals surface area (Å²) in [7, 11) is 0. The predicted octanol–water partition coefficient (Wildman–Crippen LogP) is 1.65. The third-order valence-electron chi connectivity index (χ3n) is 3.81. The molecule has 2 aromatic heterocycles. The molecule has 1 aliphatic rings. The largest absolute Gasteiger partial charge is 0.352 e. The van der Waals surface area contributed by atoms with Gasteiger partial charge in [0.05, 0.1) is 5.69 Å². The molecule has 0 saturated heterocycles. The zero-order valence-corrected chi connectivity index (χ0v) is 12.2. The van der Waals surface area contributed by atoms with Gasteiger partial charge in [0.15, 0.2) is 0 Å². The number of carbonyl (C=O) groups is 1. The minimum atomic E-state index is 0.103. The molecule has 1 aliphatic heterocycles. The standard InChI is InChI=1S/C16H20N4O/c1-12-10-20-11-14(5-7-15(20)18-12)19-16(21)8-6-13-4-2-3-9-17-13/h2-4,9-10,14H,5-8,11H2,1H3,(H,19,21). The molecule has 2 aromatic rings. The Labute approximate surface area is 124 Å². The third-order valence-corrected chi connectivity index (χ3v) is 3.81. The van der Waals surface area contributed by atoms with Crippen molar-refractivity contribution in [3.63, 3.8) is 0 Å². The van der Waals surface area contributed by atoms with Gasteiger partial charge in [-0.05, 0) is 31.9 Å². The zero-order valence-electron chi connectivity index (χ0n) is 12.2. The lowest BCUT2D eigenvalue weighted by molar-refractivity contribution is -0.122. The molecular formula is C16H20N4O. The Bertz CT molecular complexity index is 620. The fourth-order valence-electron chi connectivity index (χ4n) is 2.79. The quantitative estimate of drug-likeness (QED) is 0.928. The van der Waals surface area contributed by atoms with Crippen LogP contribution in [0.2, 0.25) is 0 Å². The summed E-state index contributed by atoms with van der Waals surface area (Å²) >= 11 is 0. The van der Waals surface area contributed by atoms with Crippen molar-refractivity contribution in [1.82, 2.24) is 19.9 Å². The maximum Gasteiger partial charge on any atom is 0.220 e. The lowest BCUT2D eigenvalue weighted by Crippen LogP contribution is -2.41. The maximum atomic E-state index is 12.0. The van der Waals surface area contributed by atoms with Gasteiger partial charge in [-0.2, -0.15) is 0 Å². The summed E-state index contributed by atoms with van der Waals surface area (Å²) in [5.41, 5.74) is 2.01. The fourth-order valence-corrected chi connectivity index (χ4v) is 2.79. The van der Waals surface area contributed by atoms with Gasteiger partial charge in [-0.3, -0.25) is 9.78 Å². The molecule has 5 heteroatoms. The Hall–Kier alpha value is -2.17. The molecule has 1 N–H and O–H groups in total. The molecule has 0 fully saturated rings. The maximum absolute atomic E-state index is 12.0. The second-order valence-corrected chi connectivity index (χ2v) is 5.58. The van der Waals surface area contributed by atoms with E-state index in [4.69, 9.17) is 0 Å². The summed E-state index contributed by atoms with van der Waals surface area (Å²) in [5.74, 6) is 1.23. The minimum absolute atomic E-state index is 0.103. The van der Waals surface area contributed by atoms with E-state index in [0.717, 1.165) is 36.6 Å². The normalized spacial score (nSPS) is 17.3. The van der Waals surface area contributed by atoms with Crippen LogP contribution in [0.15, 0.2) is 30.6 Å². The van der Waals surface area contributed by atoms with Gasteiger partial charge in [0.2, 0.25) is 5.91 Å². The number of amides is 1. The Morgan fingerprint density at radius 2 is 2.38 bits per heavy atom. The highest BCUT2D eigenvalue weighted by Crippen LogP contribution is 2.15. The molecule has 5 nitrogen and oxygen atoms in total. The minimum Gasteiger partial charge on any atom is -0.352 e. The molecule has 1 unspecified atom stereocenters. The van der Waals surface area contributed by atoms with Crippen molar-refractivity contribution in [3.8, 4) is 0 Å². The van der Waals surface area contributed by atoms with Crippen LogP contribution in [-0.2, 0) is 24.2 Å². The number of pyridine rings is 1. The molecule has 3 rings (SSSR count). The van der Waals surface area contributed by atoms with Crippen LogP contribution in [0.3, 0.4) is 0 Å². The van der Waals surface area contributed by atoms with Gasteiger partial charge < -0.3 is 9.88 Å². The van der Waals surface area contributed by atoms with Crippen molar-refractivity contribution in [2.24, 2.45) is 0 Å². The molecule has 0 spiro atoms. The van der Waals surface area contributed by atoms with Gasteiger partial charge in [-0.1, -0.05) is 6.07 Å². The summed E-state index contributed by atoms with van der Waals surface area (Å²) in [6.45, 7) is 2.83.